The zero-order valence-corrected chi connectivity index (χ0v) is 13.9. The third kappa shape index (κ3) is 4.52. The summed E-state index contributed by atoms with van der Waals surface area (Å²) in [6.07, 6.45) is 3.41. The number of nitrogens with zero attached hydrogens (tertiary/aromatic N) is 2. The topological polar surface area (TPSA) is 54.4 Å². The molecule has 118 valence electrons. The molecule has 0 fully saturated rings. The van der Waals surface area contributed by atoms with Gasteiger partial charge in [0.15, 0.2) is 0 Å². The van der Waals surface area contributed by atoms with Crippen molar-refractivity contribution >= 4 is 23.0 Å². The summed E-state index contributed by atoms with van der Waals surface area (Å²) in [5.41, 5.74) is 4.58. The first-order chi connectivity index (χ1) is 10.7. The maximum atomic E-state index is 4.43. The zero-order chi connectivity index (χ0) is 15.4. The van der Waals surface area contributed by atoms with Crippen LogP contribution in [-0.2, 0) is 0 Å². The van der Waals surface area contributed by atoms with E-state index in [9.17, 15) is 0 Å². The average Bonchev–Trinajstić information content (AvgIpc) is 2.49. The molecule has 0 spiro atoms. The molecule has 3 N–H and O–H groups in total. The lowest BCUT2D eigenvalue weighted by Gasteiger charge is -2.09. The van der Waals surface area contributed by atoms with E-state index in [1.807, 2.05) is 23.5 Å². The van der Waals surface area contributed by atoms with Crippen LogP contribution in [0, 0.1) is 13.8 Å². The molecule has 3 rings (SSSR count). The van der Waals surface area contributed by atoms with Crippen LogP contribution in [0.25, 0.3) is 0 Å². The van der Waals surface area contributed by atoms with Crippen molar-refractivity contribution < 1.29 is 17.7 Å². The van der Waals surface area contributed by atoms with Crippen LogP contribution in [0.2, 0.25) is 0 Å². The summed E-state index contributed by atoms with van der Waals surface area (Å²) in [5, 5.41) is 5.40. The largest absolute Gasteiger partial charge is 1.00 e. The van der Waals surface area contributed by atoms with E-state index in [4.69, 9.17) is 0 Å². The molecule has 0 radical (unpaired) electrons. The van der Waals surface area contributed by atoms with Crippen molar-refractivity contribution in [2.75, 3.05) is 5.32 Å². The van der Waals surface area contributed by atoms with E-state index in [2.05, 4.69) is 59.5 Å². The summed E-state index contributed by atoms with van der Waals surface area (Å²) in [6.45, 7) is 4.18. The third-order valence-electron chi connectivity index (χ3n) is 3.31. The number of halogens is 1. The van der Waals surface area contributed by atoms with Crippen LogP contribution in [0.4, 0.5) is 23.0 Å². The van der Waals surface area contributed by atoms with E-state index in [1.165, 1.54) is 11.1 Å². The quantitative estimate of drug-likeness (QED) is 0.681. The number of nitrogens with one attached hydrogen (secondary N) is 1. The molecular formula is C18H19ClN4. The number of nitrogens with two attached hydrogens (primary N) is 1. The lowest BCUT2D eigenvalue weighted by Crippen LogP contribution is -3.00. The van der Waals surface area contributed by atoms with Crippen LogP contribution in [-0.4, -0.2) is 9.97 Å². The van der Waals surface area contributed by atoms with E-state index in [1.54, 1.807) is 12.4 Å². The lowest BCUT2D eigenvalue weighted by atomic mass is 10.1. The highest BCUT2D eigenvalue weighted by atomic mass is 35.5. The monoisotopic (exact) mass is 326 g/mol. The van der Waals surface area contributed by atoms with Gasteiger partial charge >= 0.3 is 0 Å². The maximum absolute atomic E-state index is 4.43. The van der Waals surface area contributed by atoms with Gasteiger partial charge in [0.05, 0.1) is 6.20 Å². The molecule has 0 saturated heterocycles. The van der Waals surface area contributed by atoms with Crippen molar-refractivity contribution in [3.8, 4) is 0 Å². The first-order valence-electron chi connectivity index (χ1n) is 7.27. The predicted molar refractivity (Wildman–Crippen MR) is 88.9 cm³/mol. The molecular weight excluding hydrogens is 308 g/mol. The first kappa shape index (κ1) is 16.9. The third-order valence-corrected chi connectivity index (χ3v) is 3.31. The normalized spacial score (nSPS) is 10.0. The van der Waals surface area contributed by atoms with Crippen molar-refractivity contribution in [1.29, 1.82) is 0 Å². The summed E-state index contributed by atoms with van der Waals surface area (Å²) >= 11 is 0. The van der Waals surface area contributed by atoms with Gasteiger partial charge in [-0.05, 0) is 49.2 Å². The second-order valence-electron chi connectivity index (χ2n) is 5.35. The summed E-state index contributed by atoms with van der Waals surface area (Å²) in [6, 6.07) is 16.5. The Labute approximate surface area is 142 Å². The van der Waals surface area contributed by atoms with Gasteiger partial charge in [-0.3, -0.25) is 5.32 Å². The molecule has 0 aliphatic carbocycles. The van der Waals surface area contributed by atoms with Crippen molar-refractivity contribution in [3.63, 3.8) is 0 Å². The van der Waals surface area contributed by atoms with Crippen LogP contribution in [0.3, 0.4) is 0 Å². The number of para-hydroxylation sites is 1. The molecule has 1 aromatic heterocycles. The van der Waals surface area contributed by atoms with Gasteiger partial charge in [0.25, 0.3) is 5.82 Å². The molecule has 0 saturated carbocycles. The minimum absolute atomic E-state index is 0. The number of anilines is 2. The van der Waals surface area contributed by atoms with Gasteiger partial charge in [-0.25, -0.2) is 4.98 Å². The zero-order valence-electron chi connectivity index (χ0n) is 13.1. The Bertz CT molecular complexity index is 755. The summed E-state index contributed by atoms with van der Waals surface area (Å²) in [4.78, 5) is 8.86. The van der Waals surface area contributed by atoms with E-state index >= 15 is 0 Å². The molecule has 5 heteroatoms. The summed E-state index contributed by atoms with van der Waals surface area (Å²) in [5.74, 6) is 1.59. The Morgan fingerprint density at radius 1 is 0.870 bits per heavy atom. The van der Waals surface area contributed by atoms with Gasteiger partial charge in [0, 0.05) is 11.9 Å². The maximum Gasteiger partial charge on any atom is 0.273 e. The molecule has 3 aromatic rings. The van der Waals surface area contributed by atoms with Gasteiger partial charge < -0.3 is 17.7 Å². The van der Waals surface area contributed by atoms with Gasteiger partial charge in [-0.1, -0.05) is 24.3 Å². The Morgan fingerprint density at radius 3 is 2.22 bits per heavy atom. The highest BCUT2D eigenvalue weighted by Crippen LogP contribution is 2.20. The van der Waals surface area contributed by atoms with Crippen LogP contribution < -0.4 is 23.0 Å². The predicted octanol–water partition coefficient (Wildman–Crippen LogP) is 0.368. The van der Waals surface area contributed by atoms with Crippen molar-refractivity contribution in [3.05, 3.63) is 72.1 Å². The molecule has 2 aromatic carbocycles. The van der Waals surface area contributed by atoms with Crippen LogP contribution in [0.15, 0.2) is 60.9 Å². The van der Waals surface area contributed by atoms with Gasteiger partial charge in [-0.2, -0.15) is 4.98 Å². The molecule has 0 unspecified atom stereocenters. The molecule has 0 aliphatic rings. The number of aryl methyl sites for hydroxylation is 2. The minimum atomic E-state index is 0. The standard InChI is InChI=1S/C18H18N4.ClH/c1-13-10-14(2)12-16(11-13)22-18-17(19-8-9-20-18)21-15-6-4-3-5-7-15;/h3-12H,1-2H3,(H,19,21)(H,20,22);1H. The van der Waals surface area contributed by atoms with Crippen molar-refractivity contribution in [2.45, 2.75) is 13.8 Å². The average molecular weight is 327 g/mol. The molecule has 23 heavy (non-hydrogen) atoms. The number of aromatic nitrogens is 2. The minimum Gasteiger partial charge on any atom is -1.00 e. The number of rotatable bonds is 4. The molecule has 0 bridgehead atoms. The van der Waals surface area contributed by atoms with Gasteiger partial charge in [-0.15, -0.1) is 0 Å². The number of hydrogen-bond donors (Lipinski definition) is 2. The molecule has 0 aliphatic heterocycles. The smallest absolute Gasteiger partial charge is 0.273 e. The van der Waals surface area contributed by atoms with Crippen molar-refractivity contribution in [1.82, 2.24) is 9.97 Å². The van der Waals surface area contributed by atoms with E-state index in [-0.39, 0.29) is 12.4 Å². The fourth-order valence-electron chi connectivity index (χ4n) is 2.44. The number of benzene rings is 2. The Hall–Kier alpha value is -2.43. The van der Waals surface area contributed by atoms with Crippen LogP contribution >= 0.6 is 0 Å². The summed E-state index contributed by atoms with van der Waals surface area (Å²) in [7, 11) is 0. The van der Waals surface area contributed by atoms with Crippen LogP contribution in [0.5, 0.6) is 0 Å². The summed E-state index contributed by atoms with van der Waals surface area (Å²) < 4.78 is 0. The SMILES string of the molecule is Cc1cc(C)cc(Nc2nccnc2[NH2+]c2ccccc2)c1.[Cl-]. The molecule has 1 heterocycles. The van der Waals surface area contributed by atoms with E-state index in [0.717, 1.165) is 23.0 Å². The highest BCUT2D eigenvalue weighted by molar-refractivity contribution is 5.64. The Kier molecular flexibility index (Phi) is 5.68. The van der Waals surface area contributed by atoms with Gasteiger partial charge in [0.1, 0.15) is 5.69 Å². The Morgan fingerprint density at radius 2 is 1.52 bits per heavy atom. The van der Waals surface area contributed by atoms with Crippen molar-refractivity contribution in [2.24, 2.45) is 0 Å². The molecule has 0 atom stereocenters. The van der Waals surface area contributed by atoms with E-state index < -0.39 is 0 Å². The number of hydrogen-bond acceptors (Lipinski definition) is 3. The highest BCUT2D eigenvalue weighted by Gasteiger charge is 2.11. The lowest BCUT2D eigenvalue weighted by molar-refractivity contribution is -0.482. The molecule has 4 nitrogen and oxygen atoms in total. The second kappa shape index (κ2) is 7.72. The second-order valence-corrected chi connectivity index (χ2v) is 5.35. The van der Waals surface area contributed by atoms with Crippen LogP contribution in [0.1, 0.15) is 11.1 Å². The van der Waals surface area contributed by atoms with E-state index in [0.29, 0.717) is 0 Å². The molecule has 0 amide bonds. The first-order valence-corrected chi connectivity index (χ1v) is 7.27. The number of quaternary nitrogens is 1. The Balaban J connectivity index is 0.00000192. The van der Waals surface area contributed by atoms with Gasteiger partial charge in [0.2, 0.25) is 5.82 Å². The fourth-order valence-corrected chi connectivity index (χ4v) is 2.44. The fraction of sp³-hybridized carbons (Fsp3) is 0.111.